The summed E-state index contributed by atoms with van der Waals surface area (Å²) >= 11 is 0. The molecule has 6 heteroatoms. The lowest BCUT2D eigenvalue weighted by Crippen LogP contribution is -2.33. The molecule has 0 spiro atoms. The molecule has 0 aliphatic carbocycles. The maximum Gasteiger partial charge on any atom is 0.306 e. The fourth-order valence-corrected chi connectivity index (χ4v) is 4.14. The molecule has 176 valence electrons. The molecular weight excluding hydrogens is 418 g/mol. The molecule has 0 radical (unpaired) electrons. The van der Waals surface area contributed by atoms with Crippen molar-refractivity contribution in [3.8, 4) is 5.75 Å². The summed E-state index contributed by atoms with van der Waals surface area (Å²) in [4.78, 5) is 36.8. The van der Waals surface area contributed by atoms with Crippen LogP contribution in [0.2, 0.25) is 0 Å². The van der Waals surface area contributed by atoms with Crippen molar-refractivity contribution in [1.29, 1.82) is 0 Å². The van der Waals surface area contributed by atoms with E-state index < -0.39 is 0 Å². The number of likely N-dealkylation sites (tertiary alicyclic amines) is 1. The summed E-state index contributed by atoms with van der Waals surface area (Å²) in [5.41, 5.74) is 4.52. The van der Waals surface area contributed by atoms with Gasteiger partial charge in [-0.2, -0.15) is 0 Å². The monoisotopic (exact) mass is 451 g/mol. The van der Waals surface area contributed by atoms with Crippen LogP contribution in [0.1, 0.15) is 60.8 Å². The number of amides is 2. The lowest BCUT2D eigenvalue weighted by molar-refractivity contribution is -0.143. The van der Waals surface area contributed by atoms with Crippen LogP contribution in [0.3, 0.4) is 0 Å². The Morgan fingerprint density at radius 3 is 2.36 bits per heavy atom. The Morgan fingerprint density at radius 1 is 1.03 bits per heavy atom. The number of hydrogen-bond acceptors (Lipinski definition) is 5. The largest absolute Gasteiger partial charge is 0.491 e. The molecule has 2 aromatic rings. The van der Waals surface area contributed by atoms with Crippen LogP contribution in [0.5, 0.6) is 5.75 Å². The molecule has 1 aliphatic heterocycles. The molecule has 1 aliphatic rings. The van der Waals surface area contributed by atoms with Gasteiger partial charge in [-0.15, -0.1) is 0 Å². The van der Waals surface area contributed by atoms with Gasteiger partial charge in [0, 0.05) is 12.8 Å². The van der Waals surface area contributed by atoms with Gasteiger partial charge in [-0.25, -0.2) is 0 Å². The van der Waals surface area contributed by atoms with Crippen LogP contribution in [-0.2, 0) is 25.5 Å². The van der Waals surface area contributed by atoms with Crippen molar-refractivity contribution in [2.24, 2.45) is 0 Å². The Balaban J connectivity index is 1.58. The summed E-state index contributed by atoms with van der Waals surface area (Å²) in [6.45, 7) is 6.82. The molecule has 0 N–H and O–H groups in total. The van der Waals surface area contributed by atoms with E-state index in [4.69, 9.17) is 9.47 Å². The minimum atomic E-state index is -0.169. The van der Waals surface area contributed by atoms with Crippen molar-refractivity contribution in [3.05, 3.63) is 64.7 Å². The number of benzene rings is 2. The van der Waals surface area contributed by atoms with Gasteiger partial charge in [-0.1, -0.05) is 42.0 Å². The average Bonchev–Trinajstić information content (AvgIpc) is 3.11. The number of imide groups is 1. The zero-order valence-corrected chi connectivity index (χ0v) is 19.8. The Bertz CT molecular complexity index is 967. The van der Waals surface area contributed by atoms with Crippen molar-refractivity contribution in [2.45, 2.75) is 58.8 Å². The maximum absolute atomic E-state index is 12.2. The number of hydrogen-bond donors (Lipinski definition) is 0. The van der Waals surface area contributed by atoms with Crippen LogP contribution in [0, 0.1) is 13.8 Å². The zero-order valence-electron chi connectivity index (χ0n) is 19.8. The Kier molecular flexibility index (Phi) is 8.64. The first-order chi connectivity index (χ1) is 15.9. The van der Waals surface area contributed by atoms with Crippen molar-refractivity contribution < 1.29 is 23.9 Å². The maximum atomic E-state index is 12.2. The lowest BCUT2D eigenvalue weighted by Gasteiger charge is -2.18. The summed E-state index contributed by atoms with van der Waals surface area (Å²) < 4.78 is 11.0. The van der Waals surface area contributed by atoms with E-state index in [1.165, 1.54) is 16.0 Å². The molecule has 1 unspecified atom stereocenters. The fraction of sp³-hybridized carbons (Fsp3) is 0.444. The first kappa shape index (κ1) is 24.5. The van der Waals surface area contributed by atoms with E-state index in [2.05, 4.69) is 37.3 Å². The van der Waals surface area contributed by atoms with Crippen molar-refractivity contribution in [3.63, 3.8) is 0 Å². The second-order valence-corrected chi connectivity index (χ2v) is 8.54. The lowest BCUT2D eigenvalue weighted by atomic mass is 9.89. The van der Waals surface area contributed by atoms with Crippen molar-refractivity contribution >= 4 is 17.8 Å². The predicted molar refractivity (Wildman–Crippen MR) is 126 cm³/mol. The number of nitrogens with zero attached hydrogens (tertiary/aromatic N) is 1. The minimum Gasteiger partial charge on any atom is -0.491 e. The Labute approximate surface area is 195 Å². The van der Waals surface area contributed by atoms with E-state index in [9.17, 15) is 14.4 Å². The number of carbonyl (C=O) groups is 3. The molecule has 2 aromatic carbocycles. The molecule has 0 saturated carbocycles. The van der Waals surface area contributed by atoms with Gasteiger partial charge in [0.1, 0.15) is 12.4 Å². The van der Waals surface area contributed by atoms with Gasteiger partial charge < -0.3 is 9.47 Å². The predicted octanol–water partition coefficient (Wildman–Crippen LogP) is 4.50. The minimum absolute atomic E-state index is 0.0939. The zero-order chi connectivity index (χ0) is 23.8. The van der Waals surface area contributed by atoms with Gasteiger partial charge in [0.05, 0.1) is 19.6 Å². The van der Waals surface area contributed by atoms with Gasteiger partial charge >= 0.3 is 5.97 Å². The van der Waals surface area contributed by atoms with E-state index >= 15 is 0 Å². The number of rotatable bonds is 11. The van der Waals surface area contributed by atoms with Gasteiger partial charge in [0.2, 0.25) is 11.8 Å². The second-order valence-electron chi connectivity index (χ2n) is 8.54. The normalized spacial score (nSPS) is 14.5. The summed E-state index contributed by atoms with van der Waals surface area (Å²) in [5, 5.41) is 0. The molecule has 1 heterocycles. The SMILES string of the molecule is CCOC(=O)CC(CCc1ccc(OCCN2C(=O)CCC2=O)c(C)c1)c1ccc(C)cc1. The fourth-order valence-electron chi connectivity index (χ4n) is 4.14. The smallest absolute Gasteiger partial charge is 0.306 e. The van der Waals surface area contributed by atoms with Crippen LogP contribution < -0.4 is 4.74 Å². The second kappa shape index (κ2) is 11.6. The van der Waals surface area contributed by atoms with E-state index in [1.54, 1.807) is 0 Å². The van der Waals surface area contributed by atoms with E-state index in [1.807, 2.05) is 26.0 Å². The van der Waals surface area contributed by atoms with Gasteiger partial charge in [-0.3, -0.25) is 19.3 Å². The molecule has 1 atom stereocenters. The molecule has 2 amide bonds. The Hall–Kier alpha value is -3.15. The molecule has 0 aromatic heterocycles. The first-order valence-corrected chi connectivity index (χ1v) is 11.6. The number of ether oxygens (including phenoxy) is 2. The highest BCUT2D eigenvalue weighted by atomic mass is 16.5. The summed E-state index contributed by atoms with van der Waals surface area (Å²) in [5.74, 6) is 0.428. The molecule has 1 fully saturated rings. The quantitative estimate of drug-likeness (QED) is 0.372. The molecule has 1 saturated heterocycles. The van der Waals surface area contributed by atoms with Crippen LogP contribution in [0.15, 0.2) is 42.5 Å². The number of esters is 1. The van der Waals surface area contributed by atoms with Crippen molar-refractivity contribution in [1.82, 2.24) is 4.90 Å². The molecule has 6 nitrogen and oxygen atoms in total. The standard InChI is InChI=1S/C27H33NO5/c1-4-32-27(31)18-23(22-9-5-19(2)6-10-22)11-7-21-8-12-24(20(3)17-21)33-16-15-28-25(29)13-14-26(28)30/h5-6,8-10,12,17,23H,4,7,11,13-16,18H2,1-3H3. The third-order valence-corrected chi connectivity index (χ3v) is 6.02. The van der Waals surface area contributed by atoms with E-state index in [0.29, 0.717) is 25.9 Å². The third-order valence-electron chi connectivity index (χ3n) is 6.02. The highest BCUT2D eigenvalue weighted by Gasteiger charge is 2.28. The molecular formula is C27H33NO5. The van der Waals surface area contributed by atoms with Crippen LogP contribution in [0.4, 0.5) is 0 Å². The van der Waals surface area contributed by atoms with Crippen LogP contribution in [-0.4, -0.2) is 42.4 Å². The van der Waals surface area contributed by atoms with Gasteiger partial charge in [-0.05, 0) is 62.3 Å². The first-order valence-electron chi connectivity index (χ1n) is 11.6. The average molecular weight is 452 g/mol. The van der Waals surface area contributed by atoms with E-state index in [0.717, 1.165) is 29.7 Å². The summed E-state index contributed by atoms with van der Waals surface area (Å²) in [7, 11) is 0. The number of aryl methyl sites for hydroxylation is 3. The molecule has 33 heavy (non-hydrogen) atoms. The summed E-state index contributed by atoms with van der Waals surface area (Å²) in [6, 6.07) is 14.4. The third kappa shape index (κ3) is 6.91. The highest BCUT2D eigenvalue weighted by Crippen LogP contribution is 2.28. The molecule has 0 bridgehead atoms. The van der Waals surface area contributed by atoms with E-state index in [-0.39, 0.29) is 36.9 Å². The van der Waals surface area contributed by atoms with Gasteiger partial charge in [0.25, 0.3) is 0 Å². The Morgan fingerprint density at radius 2 is 1.73 bits per heavy atom. The van der Waals surface area contributed by atoms with Crippen LogP contribution >= 0.6 is 0 Å². The molecule has 3 rings (SSSR count). The van der Waals surface area contributed by atoms with Crippen LogP contribution in [0.25, 0.3) is 0 Å². The highest BCUT2D eigenvalue weighted by molar-refractivity contribution is 6.01. The topological polar surface area (TPSA) is 72.9 Å². The number of carbonyl (C=O) groups excluding carboxylic acids is 3. The van der Waals surface area contributed by atoms with Gasteiger partial charge in [0.15, 0.2) is 0 Å². The summed E-state index contributed by atoms with van der Waals surface area (Å²) in [6.07, 6.45) is 2.63. The van der Waals surface area contributed by atoms with Crippen molar-refractivity contribution in [2.75, 3.05) is 19.8 Å².